The number of ether oxygens (including phenoxy) is 1. The van der Waals surface area contributed by atoms with Crippen molar-refractivity contribution in [1.82, 2.24) is 4.90 Å². The van der Waals surface area contributed by atoms with E-state index in [4.69, 9.17) is 9.16 Å². The average Bonchev–Trinajstić information content (AvgIpc) is 2.74. The van der Waals surface area contributed by atoms with Crippen LogP contribution in [-0.2, 0) is 27.0 Å². The topological polar surface area (TPSA) is 59.0 Å². The fraction of sp³-hybridized carbons (Fsp3) is 0.500. The molecule has 0 unspecified atom stereocenters. The molecule has 0 aliphatic rings. The monoisotopic (exact) mass is 457 g/mol. The molecule has 176 valence electrons. The summed E-state index contributed by atoms with van der Waals surface area (Å²) < 4.78 is 11.4. The van der Waals surface area contributed by atoms with Gasteiger partial charge < -0.3 is 14.3 Å². The molecule has 2 aromatic rings. The van der Waals surface area contributed by atoms with E-state index >= 15 is 0 Å². The van der Waals surface area contributed by atoms with Crippen molar-refractivity contribution >= 4 is 14.3 Å². The van der Waals surface area contributed by atoms with Crippen molar-refractivity contribution < 1.29 is 19.1 Å². The van der Waals surface area contributed by atoms with Gasteiger partial charge in [-0.15, -0.1) is 0 Å². The molecule has 2 atom stereocenters. The SMILES string of the molecule is COC(=O)C[C@H](O)[C@H](CO[Si](C)(C)C(C)(C)C)N(Cc1ccccc1)Cc1ccccc1. The van der Waals surface area contributed by atoms with Gasteiger partial charge in [-0.2, -0.15) is 0 Å². The Morgan fingerprint density at radius 2 is 1.44 bits per heavy atom. The van der Waals surface area contributed by atoms with Gasteiger partial charge in [0.1, 0.15) is 0 Å². The first kappa shape index (κ1) is 26.3. The molecule has 0 aliphatic heterocycles. The zero-order chi connectivity index (χ0) is 23.8. The quantitative estimate of drug-likeness (QED) is 0.380. The predicted molar refractivity (Wildman–Crippen MR) is 132 cm³/mol. The molecule has 0 spiro atoms. The Bertz CT molecular complexity index is 779. The fourth-order valence-corrected chi connectivity index (χ4v) is 4.31. The molecule has 1 N–H and O–H groups in total. The van der Waals surface area contributed by atoms with Gasteiger partial charge in [0.15, 0.2) is 8.32 Å². The number of aliphatic hydroxyl groups excluding tert-OH is 1. The number of nitrogens with zero attached hydrogens (tertiary/aromatic N) is 1. The Labute approximate surface area is 194 Å². The maximum absolute atomic E-state index is 12.0. The van der Waals surface area contributed by atoms with Crippen LogP contribution in [0.1, 0.15) is 38.3 Å². The van der Waals surface area contributed by atoms with Crippen molar-refractivity contribution in [3.05, 3.63) is 71.8 Å². The highest BCUT2D eigenvalue weighted by molar-refractivity contribution is 6.74. The van der Waals surface area contributed by atoms with Gasteiger partial charge in [0.25, 0.3) is 0 Å². The lowest BCUT2D eigenvalue weighted by molar-refractivity contribution is -0.144. The Morgan fingerprint density at radius 3 is 1.84 bits per heavy atom. The molecule has 6 heteroatoms. The van der Waals surface area contributed by atoms with E-state index < -0.39 is 20.4 Å². The van der Waals surface area contributed by atoms with Crippen molar-refractivity contribution in [2.45, 2.75) is 70.6 Å². The number of benzene rings is 2. The number of aliphatic hydroxyl groups is 1. The summed E-state index contributed by atoms with van der Waals surface area (Å²) in [5, 5.41) is 11.2. The van der Waals surface area contributed by atoms with Gasteiger partial charge >= 0.3 is 5.97 Å². The molecule has 32 heavy (non-hydrogen) atoms. The van der Waals surface area contributed by atoms with Crippen molar-refractivity contribution in [1.29, 1.82) is 0 Å². The summed E-state index contributed by atoms with van der Waals surface area (Å²) in [4.78, 5) is 14.2. The second kappa shape index (κ2) is 11.7. The number of hydrogen-bond donors (Lipinski definition) is 1. The van der Waals surface area contributed by atoms with Gasteiger partial charge in [-0.1, -0.05) is 81.4 Å². The van der Waals surface area contributed by atoms with Crippen LogP contribution < -0.4 is 0 Å². The minimum absolute atomic E-state index is 0.0501. The van der Waals surface area contributed by atoms with E-state index in [1.165, 1.54) is 7.11 Å². The number of methoxy groups -OCH3 is 1. The first-order valence-corrected chi connectivity index (χ1v) is 14.1. The minimum atomic E-state index is -2.05. The molecule has 2 aromatic carbocycles. The predicted octanol–water partition coefficient (Wildman–Crippen LogP) is 5.00. The van der Waals surface area contributed by atoms with Crippen LogP contribution in [0.5, 0.6) is 0 Å². The number of carbonyl (C=O) groups is 1. The molecule has 0 amide bonds. The van der Waals surface area contributed by atoms with Gasteiger partial charge in [-0.25, -0.2) is 0 Å². The zero-order valence-corrected chi connectivity index (χ0v) is 21.4. The summed E-state index contributed by atoms with van der Waals surface area (Å²) in [5.41, 5.74) is 2.29. The van der Waals surface area contributed by atoms with E-state index in [0.29, 0.717) is 19.7 Å². The molecule has 5 nitrogen and oxygen atoms in total. The molecule has 0 radical (unpaired) electrons. The van der Waals surface area contributed by atoms with Crippen LogP contribution in [0.15, 0.2) is 60.7 Å². The van der Waals surface area contributed by atoms with E-state index in [-0.39, 0.29) is 17.5 Å². The number of carbonyl (C=O) groups excluding carboxylic acids is 1. The molecule has 0 heterocycles. The standard InChI is InChI=1S/C26H39NO4Si/c1-26(2,3)32(5,6)31-20-23(24(28)17-25(29)30-4)27(18-21-13-9-7-10-14-21)19-22-15-11-8-12-16-22/h7-16,23-24,28H,17-20H2,1-6H3/t23-,24-/m0/s1. The van der Waals surface area contributed by atoms with Crippen molar-refractivity contribution in [3.8, 4) is 0 Å². The van der Waals surface area contributed by atoms with E-state index in [9.17, 15) is 9.90 Å². The smallest absolute Gasteiger partial charge is 0.308 e. The van der Waals surface area contributed by atoms with Crippen molar-refractivity contribution in [2.75, 3.05) is 13.7 Å². The second-order valence-corrected chi connectivity index (χ2v) is 14.7. The Hall–Kier alpha value is -1.99. The first-order chi connectivity index (χ1) is 15.0. The normalized spacial score (nSPS) is 14.2. The van der Waals surface area contributed by atoms with Gasteiger partial charge in [0.2, 0.25) is 0 Å². The lowest BCUT2D eigenvalue weighted by Crippen LogP contribution is -2.50. The fourth-order valence-electron chi connectivity index (χ4n) is 3.29. The molecule has 0 aliphatic carbocycles. The highest BCUT2D eigenvalue weighted by Gasteiger charge is 2.39. The number of rotatable bonds is 11. The lowest BCUT2D eigenvalue weighted by Gasteiger charge is -2.40. The van der Waals surface area contributed by atoms with Crippen molar-refractivity contribution in [2.24, 2.45) is 0 Å². The van der Waals surface area contributed by atoms with Crippen LogP contribution >= 0.6 is 0 Å². The Morgan fingerprint density at radius 1 is 0.969 bits per heavy atom. The maximum Gasteiger partial charge on any atom is 0.308 e. The third-order valence-electron chi connectivity index (χ3n) is 6.39. The van der Waals surface area contributed by atoms with Crippen LogP contribution in [0.4, 0.5) is 0 Å². The average molecular weight is 458 g/mol. The lowest BCUT2D eigenvalue weighted by atomic mass is 10.0. The molecular weight excluding hydrogens is 418 g/mol. The second-order valence-electron chi connectivity index (χ2n) is 9.86. The van der Waals surface area contributed by atoms with Crippen LogP contribution in [-0.4, -0.2) is 50.2 Å². The molecule has 0 bridgehead atoms. The summed E-state index contributed by atoms with van der Waals surface area (Å²) in [6.45, 7) is 12.6. The van der Waals surface area contributed by atoms with E-state index in [1.54, 1.807) is 0 Å². The zero-order valence-electron chi connectivity index (χ0n) is 20.4. The minimum Gasteiger partial charge on any atom is -0.469 e. The van der Waals surface area contributed by atoms with Crippen LogP contribution in [0.2, 0.25) is 18.1 Å². The highest BCUT2D eigenvalue weighted by atomic mass is 28.4. The molecule has 2 rings (SSSR count). The number of hydrogen-bond acceptors (Lipinski definition) is 5. The highest BCUT2D eigenvalue weighted by Crippen LogP contribution is 2.37. The van der Waals surface area contributed by atoms with E-state index in [1.807, 2.05) is 36.4 Å². The molecule has 0 saturated carbocycles. The third-order valence-corrected chi connectivity index (χ3v) is 10.9. The van der Waals surface area contributed by atoms with Crippen LogP contribution in [0.3, 0.4) is 0 Å². The Kier molecular flexibility index (Phi) is 9.64. The van der Waals surface area contributed by atoms with Gasteiger partial charge in [0.05, 0.1) is 32.3 Å². The number of esters is 1. The summed E-state index contributed by atoms with van der Waals surface area (Å²) in [5.74, 6) is -0.422. The summed E-state index contributed by atoms with van der Waals surface area (Å²) in [7, 11) is -0.697. The largest absolute Gasteiger partial charge is 0.469 e. The summed E-state index contributed by atoms with van der Waals surface area (Å²) in [6, 6.07) is 20.0. The molecule has 0 saturated heterocycles. The molecule has 0 fully saturated rings. The van der Waals surface area contributed by atoms with Gasteiger partial charge in [-0.3, -0.25) is 9.69 Å². The molecule has 0 aromatic heterocycles. The van der Waals surface area contributed by atoms with E-state index in [0.717, 1.165) is 11.1 Å². The van der Waals surface area contributed by atoms with Gasteiger partial charge in [0, 0.05) is 13.1 Å². The third kappa shape index (κ3) is 7.85. The molecular formula is C26H39NO4Si. The van der Waals surface area contributed by atoms with Crippen LogP contribution in [0.25, 0.3) is 0 Å². The van der Waals surface area contributed by atoms with Gasteiger partial charge in [-0.05, 0) is 29.3 Å². The summed E-state index contributed by atoms with van der Waals surface area (Å²) in [6.07, 6.45) is -0.970. The summed E-state index contributed by atoms with van der Waals surface area (Å²) >= 11 is 0. The van der Waals surface area contributed by atoms with Crippen LogP contribution in [0, 0.1) is 0 Å². The van der Waals surface area contributed by atoms with Crippen molar-refractivity contribution in [3.63, 3.8) is 0 Å². The van der Waals surface area contributed by atoms with E-state index in [2.05, 4.69) is 63.0 Å². The maximum atomic E-state index is 12.0. The first-order valence-electron chi connectivity index (χ1n) is 11.2. The Balaban J connectivity index is 2.35.